The van der Waals surface area contributed by atoms with Crippen LogP contribution >= 0.6 is 0 Å². The van der Waals surface area contributed by atoms with Gasteiger partial charge in [0.15, 0.2) is 0 Å². The molecule has 1 aromatic heterocycles. The Hall–Kier alpha value is -3.28. The summed E-state index contributed by atoms with van der Waals surface area (Å²) >= 11 is 0. The van der Waals surface area contributed by atoms with Gasteiger partial charge in [-0.05, 0) is 18.2 Å². The second-order valence-electron chi connectivity index (χ2n) is 5.46. The van der Waals surface area contributed by atoms with Gasteiger partial charge >= 0.3 is 0 Å². The molecule has 1 aliphatic heterocycles. The molecule has 4 rings (SSSR count). The van der Waals surface area contributed by atoms with Crippen molar-refractivity contribution in [1.82, 2.24) is 10.1 Å². The highest BCUT2D eigenvalue weighted by Crippen LogP contribution is 2.28. The smallest absolute Gasteiger partial charge is 0.258 e. The van der Waals surface area contributed by atoms with Crippen molar-refractivity contribution in [1.29, 1.82) is 0 Å². The number of nitrogens with zero attached hydrogens (tertiary/aromatic N) is 3. The molecule has 24 heavy (non-hydrogen) atoms. The fraction of sp³-hybridized carbons (Fsp3) is 0.111. The van der Waals surface area contributed by atoms with Crippen molar-refractivity contribution in [2.45, 2.75) is 12.8 Å². The highest BCUT2D eigenvalue weighted by Gasteiger charge is 2.30. The number of hydrogen-bond acceptors (Lipinski definition) is 5. The highest BCUT2D eigenvalue weighted by molar-refractivity contribution is 6.19. The fourth-order valence-corrected chi connectivity index (χ4v) is 2.69. The van der Waals surface area contributed by atoms with E-state index in [0.29, 0.717) is 23.0 Å². The summed E-state index contributed by atoms with van der Waals surface area (Å²) in [5.74, 6) is 0.458. The number of carbonyl (C=O) groups excluding carboxylic acids is 2. The molecule has 6 heteroatoms. The summed E-state index contributed by atoms with van der Waals surface area (Å²) in [5, 5.41) is 3.99. The standard InChI is InChI=1S/C18H13N3O3/c22-15-9-10-16(23)21(15)14-8-4-7-13(11-14)18-19-17(20-24-18)12-5-2-1-3-6-12/h1-8,11H,9-10H2. The van der Waals surface area contributed by atoms with E-state index in [1.54, 1.807) is 24.3 Å². The zero-order valence-corrected chi connectivity index (χ0v) is 12.7. The van der Waals surface area contributed by atoms with E-state index in [1.807, 2.05) is 30.3 Å². The molecule has 0 atom stereocenters. The Morgan fingerprint density at radius 3 is 2.33 bits per heavy atom. The zero-order chi connectivity index (χ0) is 16.5. The van der Waals surface area contributed by atoms with E-state index < -0.39 is 0 Å². The van der Waals surface area contributed by atoms with Crippen LogP contribution in [0, 0.1) is 0 Å². The largest absolute Gasteiger partial charge is 0.334 e. The van der Waals surface area contributed by atoms with Gasteiger partial charge in [0.1, 0.15) is 0 Å². The highest BCUT2D eigenvalue weighted by atomic mass is 16.5. The van der Waals surface area contributed by atoms with Gasteiger partial charge in [0.2, 0.25) is 17.6 Å². The summed E-state index contributed by atoms with van der Waals surface area (Å²) in [6.45, 7) is 0. The Morgan fingerprint density at radius 2 is 1.58 bits per heavy atom. The van der Waals surface area contributed by atoms with Gasteiger partial charge in [0.25, 0.3) is 5.89 Å². The number of imide groups is 1. The van der Waals surface area contributed by atoms with Crippen LogP contribution in [-0.4, -0.2) is 22.0 Å². The zero-order valence-electron chi connectivity index (χ0n) is 12.7. The van der Waals surface area contributed by atoms with Crippen molar-refractivity contribution in [3.63, 3.8) is 0 Å². The topological polar surface area (TPSA) is 76.3 Å². The van der Waals surface area contributed by atoms with Gasteiger partial charge < -0.3 is 4.52 Å². The average Bonchev–Trinajstić information content (AvgIpc) is 3.23. The van der Waals surface area contributed by atoms with Crippen molar-refractivity contribution in [3.05, 3.63) is 54.6 Å². The summed E-state index contributed by atoms with van der Waals surface area (Å²) in [7, 11) is 0. The van der Waals surface area contributed by atoms with Crippen LogP contribution in [-0.2, 0) is 9.59 Å². The molecule has 0 bridgehead atoms. The van der Waals surface area contributed by atoms with Crippen LogP contribution in [0.25, 0.3) is 22.8 Å². The van der Waals surface area contributed by atoms with Crippen molar-refractivity contribution >= 4 is 17.5 Å². The molecule has 1 aliphatic rings. The van der Waals surface area contributed by atoms with Gasteiger partial charge in [0, 0.05) is 24.0 Å². The summed E-state index contributed by atoms with van der Waals surface area (Å²) in [6.07, 6.45) is 0.504. The van der Waals surface area contributed by atoms with Gasteiger partial charge in [-0.25, -0.2) is 0 Å². The molecule has 0 N–H and O–H groups in total. The summed E-state index contributed by atoms with van der Waals surface area (Å²) in [4.78, 5) is 29.3. The monoisotopic (exact) mass is 319 g/mol. The van der Waals surface area contributed by atoms with Crippen LogP contribution < -0.4 is 4.90 Å². The molecule has 2 amide bonds. The van der Waals surface area contributed by atoms with E-state index in [9.17, 15) is 9.59 Å². The van der Waals surface area contributed by atoms with Crippen molar-refractivity contribution in [2.24, 2.45) is 0 Å². The summed E-state index contributed by atoms with van der Waals surface area (Å²) < 4.78 is 5.33. The van der Waals surface area contributed by atoms with Crippen molar-refractivity contribution < 1.29 is 14.1 Å². The molecule has 1 saturated heterocycles. The molecular weight excluding hydrogens is 306 g/mol. The van der Waals surface area contributed by atoms with E-state index in [2.05, 4.69) is 10.1 Å². The van der Waals surface area contributed by atoms with Gasteiger partial charge in [-0.2, -0.15) is 4.98 Å². The lowest BCUT2D eigenvalue weighted by Gasteiger charge is -2.13. The number of amides is 2. The molecule has 118 valence electrons. The molecular formula is C18H13N3O3. The van der Waals surface area contributed by atoms with Crippen LogP contribution in [0.2, 0.25) is 0 Å². The van der Waals surface area contributed by atoms with Crippen LogP contribution in [0.5, 0.6) is 0 Å². The van der Waals surface area contributed by atoms with E-state index in [4.69, 9.17) is 4.52 Å². The maximum Gasteiger partial charge on any atom is 0.258 e. The molecule has 6 nitrogen and oxygen atoms in total. The quantitative estimate of drug-likeness (QED) is 0.693. The first-order chi connectivity index (χ1) is 11.7. The van der Waals surface area contributed by atoms with Gasteiger partial charge in [-0.15, -0.1) is 0 Å². The SMILES string of the molecule is O=C1CCC(=O)N1c1cccc(-c2nc(-c3ccccc3)no2)c1. The number of hydrogen-bond donors (Lipinski definition) is 0. The molecule has 0 unspecified atom stereocenters. The minimum Gasteiger partial charge on any atom is -0.334 e. The molecule has 2 aromatic carbocycles. The molecule has 0 radical (unpaired) electrons. The van der Waals surface area contributed by atoms with E-state index in [1.165, 1.54) is 4.90 Å². The van der Waals surface area contributed by atoms with Crippen LogP contribution in [0.3, 0.4) is 0 Å². The number of carbonyl (C=O) groups is 2. The van der Waals surface area contributed by atoms with E-state index >= 15 is 0 Å². The Balaban J connectivity index is 1.68. The Labute approximate surface area is 137 Å². The predicted octanol–water partition coefficient (Wildman–Crippen LogP) is 3.06. The van der Waals surface area contributed by atoms with Crippen molar-refractivity contribution in [3.8, 4) is 22.8 Å². The van der Waals surface area contributed by atoms with E-state index in [0.717, 1.165) is 5.56 Å². The number of rotatable bonds is 3. The first-order valence-corrected chi connectivity index (χ1v) is 7.58. The van der Waals surface area contributed by atoms with E-state index in [-0.39, 0.29) is 24.7 Å². The Morgan fingerprint density at radius 1 is 0.875 bits per heavy atom. The normalized spacial score (nSPS) is 14.4. The first-order valence-electron chi connectivity index (χ1n) is 7.58. The fourth-order valence-electron chi connectivity index (χ4n) is 2.69. The lowest BCUT2D eigenvalue weighted by molar-refractivity contribution is -0.121. The van der Waals surface area contributed by atoms with Crippen molar-refractivity contribution in [2.75, 3.05) is 4.90 Å². The second-order valence-corrected chi connectivity index (χ2v) is 5.46. The third-order valence-electron chi connectivity index (χ3n) is 3.86. The lowest BCUT2D eigenvalue weighted by atomic mass is 10.2. The molecule has 0 spiro atoms. The third kappa shape index (κ3) is 2.48. The van der Waals surface area contributed by atoms with Gasteiger partial charge in [0.05, 0.1) is 5.69 Å². The van der Waals surface area contributed by atoms with Crippen LogP contribution in [0.15, 0.2) is 59.1 Å². The summed E-state index contributed by atoms with van der Waals surface area (Å²) in [6, 6.07) is 16.5. The van der Waals surface area contributed by atoms with Crippen LogP contribution in [0.1, 0.15) is 12.8 Å². The maximum atomic E-state index is 11.9. The lowest BCUT2D eigenvalue weighted by Crippen LogP contribution is -2.28. The van der Waals surface area contributed by atoms with Gasteiger partial charge in [-0.1, -0.05) is 41.6 Å². The molecule has 0 aliphatic carbocycles. The number of anilines is 1. The Kier molecular flexibility index (Phi) is 3.42. The first kappa shape index (κ1) is 14.3. The molecule has 1 fully saturated rings. The summed E-state index contributed by atoms with van der Waals surface area (Å²) in [5.41, 5.74) is 2.04. The second kappa shape index (κ2) is 5.73. The Bertz CT molecular complexity index is 902. The number of benzene rings is 2. The molecule has 2 heterocycles. The molecule has 3 aromatic rings. The average molecular weight is 319 g/mol. The number of aromatic nitrogens is 2. The predicted molar refractivity (Wildman–Crippen MR) is 86.9 cm³/mol. The van der Waals surface area contributed by atoms with Gasteiger partial charge in [-0.3, -0.25) is 14.5 Å². The van der Waals surface area contributed by atoms with Crippen LogP contribution in [0.4, 0.5) is 5.69 Å². The minimum absolute atomic E-state index is 0.187. The third-order valence-corrected chi connectivity index (χ3v) is 3.86. The maximum absolute atomic E-state index is 11.9. The molecule has 0 saturated carbocycles. The minimum atomic E-state index is -0.187.